The van der Waals surface area contributed by atoms with E-state index >= 15 is 0 Å². The molecule has 1 N–H and O–H groups in total. The maximum absolute atomic E-state index is 14.9. The van der Waals surface area contributed by atoms with Crippen LogP contribution in [0.25, 0.3) is 20.7 Å². The third-order valence-electron chi connectivity index (χ3n) is 7.85. The Kier molecular flexibility index (Phi) is 11.5. The van der Waals surface area contributed by atoms with Crippen LogP contribution in [0.4, 0.5) is 14.5 Å². The normalized spacial score (nSPS) is 11.4. The van der Waals surface area contributed by atoms with E-state index < -0.39 is 23.0 Å². The van der Waals surface area contributed by atoms with Gasteiger partial charge in [0.2, 0.25) is 11.3 Å². The van der Waals surface area contributed by atoms with Crippen LogP contribution in [-0.2, 0) is 24.4 Å². The second-order valence-electron chi connectivity index (χ2n) is 12.2. The minimum absolute atomic E-state index is 0. The van der Waals surface area contributed by atoms with Gasteiger partial charge in [-0.2, -0.15) is 0 Å². The van der Waals surface area contributed by atoms with Crippen molar-refractivity contribution in [3.05, 3.63) is 123 Å². The Balaban J connectivity index is 0.00000500. The van der Waals surface area contributed by atoms with Crippen molar-refractivity contribution in [2.45, 2.75) is 47.3 Å². The molecule has 0 atom stereocenters. The topological polar surface area (TPSA) is 71.4 Å². The Morgan fingerprint density at radius 2 is 1.49 bits per heavy atom. The van der Waals surface area contributed by atoms with Crippen LogP contribution in [0.3, 0.4) is 0 Å². The molecule has 0 radical (unpaired) electrons. The van der Waals surface area contributed by atoms with Gasteiger partial charge in [0, 0.05) is 47.3 Å². The highest BCUT2D eigenvalue weighted by molar-refractivity contribution is 7.22. The van der Waals surface area contributed by atoms with Crippen molar-refractivity contribution in [3.8, 4) is 10.4 Å². The molecular formula is C37H38ClF2N3O3S. The Bertz CT molecular complexity index is 1930. The lowest BCUT2D eigenvalue weighted by Crippen LogP contribution is -2.24. The van der Waals surface area contributed by atoms with Crippen LogP contribution in [0.15, 0.2) is 83.8 Å². The third kappa shape index (κ3) is 7.87. The lowest BCUT2D eigenvalue weighted by molar-refractivity contribution is -0.118. The van der Waals surface area contributed by atoms with Crippen molar-refractivity contribution in [2.24, 2.45) is 11.8 Å². The molecule has 0 saturated carbocycles. The SMILES string of the molecule is CC(C)C(=O)Nc1ccc(-c2sc3c(c2CN(C)Cc2ccccc2)c(=O)c(C(=O)C(C)C)cn3Cc2c(F)cccc2F)cc1.Cl. The van der Waals surface area contributed by atoms with Crippen LogP contribution in [0.5, 0.6) is 0 Å². The number of rotatable bonds is 11. The number of hydrogen-bond donors (Lipinski definition) is 1. The number of benzene rings is 3. The van der Waals surface area contributed by atoms with Crippen molar-refractivity contribution < 1.29 is 18.4 Å². The van der Waals surface area contributed by atoms with Crippen molar-refractivity contribution in [1.29, 1.82) is 0 Å². The number of amides is 1. The van der Waals surface area contributed by atoms with E-state index in [9.17, 15) is 23.2 Å². The van der Waals surface area contributed by atoms with Gasteiger partial charge in [0.25, 0.3) is 0 Å². The molecule has 0 saturated heterocycles. The van der Waals surface area contributed by atoms with Crippen molar-refractivity contribution in [3.63, 3.8) is 0 Å². The minimum Gasteiger partial charge on any atom is -0.334 e. The van der Waals surface area contributed by atoms with Crippen molar-refractivity contribution in [2.75, 3.05) is 12.4 Å². The molecule has 0 fully saturated rings. The molecule has 0 aliphatic rings. The smallest absolute Gasteiger partial charge is 0.226 e. The average Bonchev–Trinajstić information content (AvgIpc) is 3.40. The lowest BCUT2D eigenvalue weighted by Gasteiger charge is -2.18. The summed E-state index contributed by atoms with van der Waals surface area (Å²) in [5.41, 5.74) is 2.71. The number of ketones is 1. The number of nitrogens with one attached hydrogen (secondary N) is 1. The zero-order valence-electron chi connectivity index (χ0n) is 27.0. The first-order valence-corrected chi connectivity index (χ1v) is 16.1. The van der Waals surface area contributed by atoms with Crippen LogP contribution in [0.2, 0.25) is 0 Å². The Morgan fingerprint density at radius 1 is 0.851 bits per heavy atom. The average molecular weight is 678 g/mol. The fraction of sp³-hybridized carbons (Fsp3) is 0.270. The monoisotopic (exact) mass is 677 g/mol. The molecule has 5 rings (SSSR count). The first kappa shape index (κ1) is 35.7. The van der Waals surface area contributed by atoms with E-state index in [1.165, 1.54) is 35.7 Å². The van der Waals surface area contributed by atoms with E-state index in [1.807, 2.05) is 75.5 Å². The zero-order chi connectivity index (χ0) is 33.1. The number of hydrogen-bond acceptors (Lipinski definition) is 5. The van der Waals surface area contributed by atoms with Crippen LogP contribution in [0, 0.1) is 23.5 Å². The molecule has 1 amide bonds. The Morgan fingerprint density at radius 3 is 2.09 bits per heavy atom. The molecule has 0 spiro atoms. The van der Waals surface area contributed by atoms with Gasteiger partial charge in [-0.3, -0.25) is 19.3 Å². The molecule has 5 aromatic rings. The largest absolute Gasteiger partial charge is 0.334 e. The zero-order valence-corrected chi connectivity index (χ0v) is 28.6. The molecular weight excluding hydrogens is 640 g/mol. The third-order valence-corrected chi connectivity index (χ3v) is 9.17. The highest BCUT2D eigenvalue weighted by Crippen LogP contribution is 2.39. The van der Waals surface area contributed by atoms with Gasteiger partial charge in [-0.15, -0.1) is 23.7 Å². The fourth-order valence-corrected chi connectivity index (χ4v) is 6.64. The highest BCUT2D eigenvalue weighted by Gasteiger charge is 2.26. The molecule has 2 heterocycles. The Labute approximate surface area is 283 Å². The molecule has 47 heavy (non-hydrogen) atoms. The summed E-state index contributed by atoms with van der Waals surface area (Å²) < 4.78 is 31.4. The van der Waals surface area contributed by atoms with Crippen molar-refractivity contribution in [1.82, 2.24) is 9.47 Å². The summed E-state index contributed by atoms with van der Waals surface area (Å²) in [7, 11) is 1.96. The standard InChI is InChI=1S/C37H37F2N3O3S.ClH/c1-22(2)33(43)29-21-42(20-27-30(38)12-9-13-31(27)39)37-32(34(29)44)28(19-41(5)18-24-10-7-6-8-11-24)35(46-37)25-14-16-26(17-15-25)40-36(45)23(3)4;/h6-17,21-23H,18-20H2,1-5H3,(H,40,45);1H. The summed E-state index contributed by atoms with van der Waals surface area (Å²) in [5.74, 6) is -2.49. The molecule has 0 aliphatic heterocycles. The number of thiophene rings is 1. The number of pyridine rings is 1. The van der Waals surface area contributed by atoms with Gasteiger partial charge in [-0.25, -0.2) is 8.78 Å². The van der Waals surface area contributed by atoms with Crippen LogP contribution >= 0.6 is 23.7 Å². The van der Waals surface area contributed by atoms with Crippen LogP contribution in [0.1, 0.15) is 54.7 Å². The number of Topliss-reactive ketones (excluding diaryl/α,β-unsaturated/α-hetero) is 1. The number of halogens is 3. The fourth-order valence-electron chi connectivity index (χ4n) is 5.35. The number of carbonyl (C=O) groups excluding carboxylic acids is 2. The summed E-state index contributed by atoms with van der Waals surface area (Å²) in [6.45, 7) is 7.86. The van der Waals surface area contributed by atoms with Gasteiger partial charge < -0.3 is 9.88 Å². The predicted molar refractivity (Wildman–Crippen MR) is 188 cm³/mol. The second-order valence-corrected chi connectivity index (χ2v) is 13.2. The summed E-state index contributed by atoms with van der Waals surface area (Å²) in [4.78, 5) is 43.3. The molecule has 2 aromatic heterocycles. The van der Waals surface area contributed by atoms with Gasteiger partial charge >= 0.3 is 0 Å². The summed E-state index contributed by atoms with van der Waals surface area (Å²) in [5, 5.41) is 3.26. The molecule has 6 nitrogen and oxygen atoms in total. The molecule has 10 heteroatoms. The molecule has 0 aliphatic carbocycles. The van der Waals surface area contributed by atoms with Gasteiger partial charge in [0.05, 0.1) is 17.5 Å². The first-order valence-electron chi connectivity index (χ1n) is 15.2. The quantitative estimate of drug-likeness (QED) is 0.142. The molecule has 0 bridgehead atoms. The van der Waals surface area contributed by atoms with Crippen LogP contribution in [-0.4, -0.2) is 28.2 Å². The van der Waals surface area contributed by atoms with Crippen molar-refractivity contribution >= 4 is 51.3 Å². The van der Waals surface area contributed by atoms with E-state index in [4.69, 9.17) is 0 Å². The van der Waals surface area contributed by atoms with Gasteiger partial charge in [0.1, 0.15) is 16.5 Å². The summed E-state index contributed by atoms with van der Waals surface area (Å²) >= 11 is 1.34. The molecule has 3 aromatic carbocycles. The van der Waals surface area contributed by atoms with E-state index in [0.29, 0.717) is 29.0 Å². The summed E-state index contributed by atoms with van der Waals surface area (Å²) in [6.07, 6.45) is 1.45. The number of fused-ring (bicyclic) bond motifs is 1. The minimum atomic E-state index is -0.706. The van der Waals surface area contributed by atoms with Gasteiger partial charge in [-0.1, -0.05) is 76.2 Å². The summed E-state index contributed by atoms with van der Waals surface area (Å²) in [6, 6.07) is 21.0. The van der Waals surface area contributed by atoms with Gasteiger partial charge in [0.15, 0.2) is 5.78 Å². The number of aromatic nitrogens is 1. The predicted octanol–water partition coefficient (Wildman–Crippen LogP) is 8.54. The maximum atomic E-state index is 14.9. The van der Waals surface area contributed by atoms with E-state index in [-0.39, 0.29) is 47.7 Å². The van der Waals surface area contributed by atoms with E-state index in [0.717, 1.165) is 21.6 Å². The number of nitrogens with zero attached hydrogens (tertiary/aromatic N) is 2. The maximum Gasteiger partial charge on any atom is 0.226 e. The van der Waals surface area contributed by atoms with Crippen LogP contribution < -0.4 is 10.7 Å². The van der Waals surface area contributed by atoms with Gasteiger partial charge in [-0.05, 0) is 48.0 Å². The number of carbonyl (C=O) groups is 2. The number of anilines is 1. The first-order chi connectivity index (χ1) is 21.9. The molecule has 246 valence electrons. The lowest BCUT2D eigenvalue weighted by atomic mass is 9.99. The van der Waals surface area contributed by atoms with E-state index in [2.05, 4.69) is 10.2 Å². The molecule has 0 unspecified atom stereocenters. The van der Waals surface area contributed by atoms with E-state index in [1.54, 1.807) is 18.4 Å². The Hall–Kier alpha value is -4.18. The second kappa shape index (κ2) is 15.2. The highest BCUT2D eigenvalue weighted by atomic mass is 35.5.